The van der Waals surface area contributed by atoms with Crippen molar-refractivity contribution in [1.29, 1.82) is 0 Å². The molecule has 0 unspecified atom stereocenters. The zero-order valence-electron chi connectivity index (χ0n) is 70.9. The van der Waals surface area contributed by atoms with Crippen LogP contribution in [0.25, 0.3) is 0 Å². The molecule has 6 amide bonds. The average molecular weight is 1530 g/mol. The number of esters is 6. The number of carbonyl (C=O) groups excluding carboxylic acids is 12. The number of ether oxygens (including phenoxy) is 6. The first-order valence-corrected chi connectivity index (χ1v) is 38.3. The molecule has 7 fully saturated rings. The van der Waals surface area contributed by atoms with Crippen LogP contribution in [0.1, 0.15) is 166 Å². The monoisotopic (exact) mass is 1520 g/mol. The topological polar surface area (TPSA) is 299 Å². The van der Waals surface area contributed by atoms with Gasteiger partial charge >= 0.3 is 35.8 Å². The second kappa shape index (κ2) is 30.8. The summed E-state index contributed by atoms with van der Waals surface area (Å²) in [5.41, 5.74) is -9.96. The van der Waals surface area contributed by atoms with Gasteiger partial charge in [-0.2, -0.15) is 0 Å². The fourth-order valence-electron chi connectivity index (χ4n) is 17.9. The molecule has 7 rings (SSSR count). The lowest BCUT2D eigenvalue weighted by Gasteiger charge is -2.53. The Kier molecular flexibility index (Phi) is 25.3. The van der Waals surface area contributed by atoms with Crippen molar-refractivity contribution in [2.45, 2.75) is 233 Å². The van der Waals surface area contributed by atoms with Crippen LogP contribution in [0, 0.1) is 35.5 Å². The highest BCUT2D eigenvalue weighted by atomic mass is 16.6. The van der Waals surface area contributed by atoms with Crippen LogP contribution < -0.4 is 0 Å². The summed E-state index contributed by atoms with van der Waals surface area (Å²) in [6.45, 7) is 40.6. The minimum atomic E-state index is -2.35. The predicted molar refractivity (Wildman–Crippen MR) is 402 cm³/mol. The molecule has 30 nitrogen and oxygen atoms in total. The number of hydrogen-bond donors (Lipinski definition) is 0. The van der Waals surface area contributed by atoms with Crippen LogP contribution >= 0.6 is 0 Å². The van der Waals surface area contributed by atoms with Crippen molar-refractivity contribution in [2.24, 2.45) is 35.5 Å². The van der Waals surface area contributed by atoms with Gasteiger partial charge in [-0.15, -0.1) is 0 Å². The second-order valence-corrected chi connectivity index (χ2v) is 38.1. The molecule has 30 heteroatoms. The predicted octanol–water partition coefficient (Wildman–Crippen LogP) is 2.94. The van der Waals surface area contributed by atoms with Crippen LogP contribution in [0.4, 0.5) is 0 Å². The van der Waals surface area contributed by atoms with E-state index in [0.717, 1.165) is 0 Å². The van der Waals surface area contributed by atoms with E-state index in [1.165, 1.54) is 29.4 Å². The lowest BCUT2D eigenvalue weighted by atomic mass is 9.56. The lowest BCUT2D eigenvalue weighted by molar-refractivity contribution is -0.201. The molecule has 0 radical (unpaired) electrons. The third-order valence-electron chi connectivity index (χ3n) is 26.4. The maximum Gasteiger partial charge on any atom is 0.310 e. The quantitative estimate of drug-likeness (QED) is 0.0991. The molecular weight excluding hydrogens is 1390 g/mol. The van der Waals surface area contributed by atoms with Gasteiger partial charge in [0, 0.05) is 72.5 Å². The minimum Gasteiger partial charge on any atom is -0.464 e. The smallest absolute Gasteiger partial charge is 0.310 e. The van der Waals surface area contributed by atoms with Crippen molar-refractivity contribution < 1.29 is 86.0 Å². The molecular formula is C78H132N12O18. The van der Waals surface area contributed by atoms with Gasteiger partial charge in [0.1, 0.15) is 39.6 Å². The first-order valence-electron chi connectivity index (χ1n) is 38.3. The van der Waals surface area contributed by atoms with Gasteiger partial charge in [-0.25, -0.2) is 0 Å². The molecule has 6 aliphatic heterocycles. The summed E-state index contributed by atoms with van der Waals surface area (Å²) >= 11 is 0. The number of hydrogen-bond acceptors (Lipinski definition) is 24. The number of likely N-dealkylation sites (N-methyl/N-ethyl adjacent to an activating group) is 6. The number of rotatable bonds is 24. The SMILES string of the molecule is CN1C(C)(C)CN(CCOC(=O)C2C(C(=O)OCCN3CC(C)(C)N(C)C(C)(C)C3=O)C(C(=O)OCCN3CC(C)(C)N(C)C(C)(C)C3=O)C(C(=O)OCCN3CC(C)(C)N(C)C(C)(C)C3=O)C(C(=O)OCCN3CC(C)(C)N(C)C(C)(C)C3=O)C2C(=O)OCCN2CC(C)(C)N(C)C(C)(C)C2=O)C(=O)C1(C)C. The van der Waals surface area contributed by atoms with Crippen LogP contribution in [0.5, 0.6) is 0 Å². The first-order chi connectivity index (χ1) is 49.1. The van der Waals surface area contributed by atoms with Gasteiger partial charge < -0.3 is 57.8 Å². The zero-order valence-corrected chi connectivity index (χ0v) is 70.9. The number of carbonyl (C=O) groups is 12. The molecule has 0 atom stereocenters. The van der Waals surface area contributed by atoms with Crippen LogP contribution in [0.3, 0.4) is 0 Å². The summed E-state index contributed by atoms with van der Waals surface area (Å²) in [5.74, 6) is -24.2. The van der Waals surface area contributed by atoms with Crippen molar-refractivity contribution in [1.82, 2.24) is 58.8 Å². The molecule has 0 bridgehead atoms. The second-order valence-electron chi connectivity index (χ2n) is 38.1. The van der Waals surface area contributed by atoms with Gasteiger partial charge in [0.25, 0.3) is 0 Å². The molecule has 0 aromatic heterocycles. The number of piperazine rings is 6. The highest BCUT2D eigenvalue weighted by Crippen LogP contribution is 2.51. The van der Waals surface area contributed by atoms with Crippen LogP contribution in [0.2, 0.25) is 0 Å². The van der Waals surface area contributed by atoms with Crippen LogP contribution in [0.15, 0.2) is 0 Å². The van der Waals surface area contributed by atoms with E-state index in [4.69, 9.17) is 28.4 Å². The molecule has 0 spiro atoms. The van der Waals surface area contributed by atoms with E-state index < -0.39 is 177 Å². The van der Waals surface area contributed by atoms with Gasteiger partial charge in [-0.05, 0) is 208 Å². The Balaban J connectivity index is 1.45. The molecule has 1 saturated carbocycles. The Morgan fingerprint density at radius 1 is 0.231 bits per heavy atom. The number of nitrogens with zero attached hydrogens (tertiary/aromatic N) is 12. The highest BCUT2D eigenvalue weighted by molar-refractivity contribution is 5.99. The van der Waals surface area contributed by atoms with Crippen molar-refractivity contribution in [3.63, 3.8) is 0 Å². The molecule has 7 aliphatic rings. The van der Waals surface area contributed by atoms with Gasteiger partial charge in [0.05, 0.1) is 108 Å². The Morgan fingerprint density at radius 2 is 0.333 bits per heavy atom. The van der Waals surface area contributed by atoms with E-state index >= 15 is 28.8 Å². The van der Waals surface area contributed by atoms with Crippen molar-refractivity contribution in [3.05, 3.63) is 0 Å². The fraction of sp³-hybridized carbons (Fsp3) is 0.846. The van der Waals surface area contributed by atoms with Gasteiger partial charge in [0.2, 0.25) is 35.4 Å². The molecule has 1 aliphatic carbocycles. The minimum absolute atomic E-state index is 0.165. The maximum absolute atomic E-state index is 16.2. The van der Waals surface area contributed by atoms with Crippen molar-refractivity contribution in [2.75, 3.05) is 160 Å². The average Bonchev–Trinajstić information content (AvgIpc) is 0.726. The third-order valence-corrected chi connectivity index (χ3v) is 26.4. The van der Waals surface area contributed by atoms with Crippen molar-refractivity contribution >= 4 is 71.3 Å². The van der Waals surface area contributed by atoms with Gasteiger partial charge in [0.15, 0.2) is 0 Å². The fourth-order valence-corrected chi connectivity index (χ4v) is 17.9. The first kappa shape index (κ1) is 88.6. The van der Waals surface area contributed by atoms with E-state index in [-0.39, 0.29) is 114 Å². The Labute approximate surface area is 642 Å². The summed E-state index contributed by atoms with van der Waals surface area (Å²) in [6, 6.07) is 0. The zero-order chi connectivity index (χ0) is 82.3. The van der Waals surface area contributed by atoms with Gasteiger partial charge in [-0.1, -0.05) is 0 Å². The molecule has 0 N–H and O–H groups in total. The molecule has 0 aromatic carbocycles. The van der Waals surface area contributed by atoms with E-state index in [1.54, 1.807) is 83.1 Å². The Morgan fingerprint density at radius 3 is 0.435 bits per heavy atom. The molecule has 6 saturated heterocycles. The summed E-state index contributed by atoms with van der Waals surface area (Å²) in [7, 11) is 11.0. The Hall–Kier alpha value is -6.60. The molecule has 6 heterocycles. The van der Waals surface area contributed by atoms with Gasteiger partial charge in [-0.3, -0.25) is 86.9 Å². The molecule has 0 aromatic rings. The molecule has 612 valence electrons. The van der Waals surface area contributed by atoms with E-state index in [9.17, 15) is 28.8 Å². The summed E-state index contributed by atoms with van der Waals surface area (Å²) < 4.78 is 37.4. The highest BCUT2D eigenvalue weighted by Gasteiger charge is 2.67. The van der Waals surface area contributed by atoms with E-state index in [2.05, 4.69) is 0 Å². The number of amides is 6. The van der Waals surface area contributed by atoms with Crippen molar-refractivity contribution in [3.8, 4) is 0 Å². The summed E-state index contributed by atoms with van der Waals surface area (Å²) in [5, 5.41) is 0. The van der Waals surface area contributed by atoms with E-state index in [1.807, 2.05) is 155 Å². The standard InChI is InChI=1S/C78H132N12O18/c1-67(2)43-85(61(97)73(13,14)79(67)25)31-37-103-55(91)49-50(56(92)104-38-32-86-44-68(3,4)80(26)74(15,16)62(86)98)52(58(94)106-40-34-88-46-70(7,8)82(28)76(19,20)64(88)100)54(60(96)108-42-36-90-48-72(11,12)84(30)78(23,24)66(90)102)53(59(95)107-41-35-89-47-71(9,10)83(29)77(21,22)65(89)101)51(49)57(93)105-39-33-87-45-69(5,6)81(27)75(17,18)63(87)99/h49-54H,31-48H2,1-30H3. The normalized spacial score (nSPS) is 28.8. The Bertz CT molecular complexity index is 2900. The largest absolute Gasteiger partial charge is 0.464 e. The van der Waals surface area contributed by atoms with Crippen LogP contribution in [-0.4, -0.2) is 357 Å². The lowest BCUT2D eigenvalue weighted by Crippen LogP contribution is -2.70. The third kappa shape index (κ3) is 16.8. The molecule has 108 heavy (non-hydrogen) atoms. The van der Waals surface area contributed by atoms with Crippen LogP contribution in [-0.2, 0) is 86.0 Å². The summed E-state index contributed by atoms with van der Waals surface area (Å²) in [6.07, 6.45) is 0. The maximum atomic E-state index is 16.2. The summed E-state index contributed by atoms with van der Waals surface area (Å²) in [4.78, 5) is 204. The van der Waals surface area contributed by atoms with E-state index in [0.29, 0.717) is 0 Å².